The lowest BCUT2D eigenvalue weighted by Crippen LogP contribution is -2.52. The van der Waals surface area contributed by atoms with E-state index in [0.717, 1.165) is 6.42 Å². The molecule has 0 saturated carbocycles. The van der Waals surface area contributed by atoms with Crippen LogP contribution in [-0.2, 0) is 9.59 Å². The third kappa shape index (κ3) is 1.72. The maximum Gasteiger partial charge on any atom is 0.329 e. The van der Waals surface area contributed by atoms with Crippen LogP contribution in [0.5, 0.6) is 0 Å². The third-order valence-electron chi connectivity index (χ3n) is 2.73. The van der Waals surface area contributed by atoms with Gasteiger partial charge in [0, 0.05) is 6.54 Å². The molecule has 0 aromatic carbocycles. The minimum atomic E-state index is -1.01. The van der Waals surface area contributed by atoms with Crippen molar-refractivity contribution >= 4 is 11.9 Å². The van der Waals surface area contributed by atoms with Crippen molar-refractivity contribution in [3.63, 3.8) is 0 Å². The SMILES string of the molecule is CNCC(=O)N1CCCC1(C)C(=O)O. The quantitative estimate of drug-likeness (QED) is 0.654. The number of nitrogens with one attached hydrogen (secondary N) is 1. The van der Waals surface area contributed by atoms with Crippen molar-refractivity contribution in [3.05, 3.63) is 0 Å². The van der Waals surface area contributed by atoms with E-state index in [-0.39, 0.29) is 12.5 Å². The van der Waals surface area contributed by atoms with E-state index in [2.05, 4.69) is 5.32 Å². The number of hydrogen-bond donors (Lipinski definition) is 2. The summed E-state index contributed by atoms with van der Waals surface area (Å²) in [4.78, 5) is 24.0. The molecule has 1 saturated heterocycles. The fourth-order valence-electron chi connectivity index (χ4n) is 1.83. The van der Waals surface area contributed by atoms with Crippen LogP contribution < -0.4 is 5.32 Å². The van der Waals surface area contributed by atoms with Gasteiger partial charge in [0.2, 0.25) is 5.91 Å². The molecule has 0 bridgehead atoms. The Morgan fingerprint density at radius 3 is 2.71 bits per heavy atom. The first-order valence-corrected chi connectivity index (χ1v) is 4.71. The molecule has 2 N–H and O–H groups in total. The molecule has 1 amide bonds. The van der Waals surface area contributed by atoms with Crippen molar-refractivity contribution in [1.82, 2.24) is 10.2 Å². The summed E-state index contributed by atoms with van der Waals surface area (Å²) in [5, 5.41) is 11.8. The molecule has 5 heteroatoms. The van der Waals surface area contributed by atoms with Gasteiger partial charge in [0.05, 0.1) is 6.54 Å². The Bertz CT molecular complexity index is 254. The van der Waals surface area contributed by atoms with Crippen molar-refractivity contribution in [2.75, 3.05) is 20.1 Å². The Balaban J connectivity index is 2.77. The molecule has 0 spiro atoms. The second kappa shape index (κ2) is 3.96. The summed E-state index contributed by atoms with van der Waals surface area (Å²) in [6, 6.07) is 0. The Morgan fingerprint density at radius 2 is 2.21 bits per heavy atom. The third-order valence-corrected chi connectivity index (χ3v) is 2.73. The Labute approximate surface area is 83.1 Å². The highest BCUT2D eigenvalue weighted by molar-refractivity contribution is 5.88. The maximum absolute atomic E-state index is 11.6. The number of amides is 1. The molecule has 0 aromatic rings. The largest absolute Gasteiger partial charge is 0.480 e. The molecule has 1 aliphatic rings. The smallest absolute Gasteiger partial charge is 0.329 e. The number of aliphatic carboxylic acids is 1. The van der Waals surface area contributed by atoms with Crippen LogP contribution in [0.15, 0.2) is 0 Å². The second-order valence-electron chi connectivity index (χ2n) is 3.76. The van der Waals surface area contributed by atoms with Crippen LogP contribution in [0.4, 0.5) is 0 Å². The first-order chi connectivity index (χ1) is 6.52. The first-order valence-electron chi connectivity index (χ1n) is 4.71. The zero-order chi connectivity index (χ0) is 10.8. The number of likely N-dealkylation sites (tertiary alicyclic amines) is 1. The van der Waals surface area contributed by atoms with E-state index in [4.69, 9.17) is 5.11 Å². The lowest BCUT2D eigenvalue weighted by atomic mass is 9.99. The highest BCUT2D eigenvalue weighted by Crippen LogP contribution is 2.28. The van der Waals surface area contributed by atoms with Crippen LogP contribution in [0, 0.1) is 0 Å². The van der Waals surface area contributed by atoms with Gasteiger partial charge in [-0.1, -0.05) is 0 Å². The molecule has 14 heavy (non-hydrogen) atoms. The van der Waals surface area contributed by atoms with E-state index in [1.165, 1.54) is 4.90 Å². The molecule has 0 aliphatic carbocycles. The van der Waals surface area contributed by atoms with Gasteiger partial charge in [-0.05, 0) is 26.8 Å². The zero-order valence-electron chi connectivity index (χ0n) is 8.54. The summed E-state index contributed by atoms with van der Waals surface area (Å²) in [5.74, 6) is -1.06. The molecular weight excluding hydrogens is 184 g/mol. The summed E-state index contributed by atoms with van der Waals surface area (Å²) in [6.07, 6.45) is 1.30. The molecule has 1 atom stereocenters. The van der Waals surface area contributed by atoms with Crippen LogP contribution in [0.25, 0.3) is 0 Å². The number of carbonyl (C=O) groups is 2. The lowest BCUT2D eigenvalue weighted by Gasteiger charge is -2.31. The van der Waals surface area contributed by atoms with Crippen molar-refractivity contribution in [3.8, 4) is 0 Å². The normalized spacial score (nSPS) is 26.6. The number of carboxylic acid groups (broad SMARTS) is 1. The minimum absolute atomic E-state index is 0.144. The fraction of sp³-hybridized carbons (Fsp3) is 0.778. The van der Waals surface area contributed by atoms with Crippen LogP contribution in [0.1, 0.15) is 19.8 Å². The fourth-order valence-corrected chi connectivity index (χ4v) is 1.83. The standard InChI is InChI=1S/C9H16N2O3/c1-9(8(13)14)4-3-5-11(9)7(12)6-10-2/h10H,3-6H2,1-2H3,(H,13,14). The van der Waals surface area contributed by atoms with E-state index < -0.39 is 11.5 Å². The van der Waals surface area contributed by atoms with Crippen LogP contribution in [0.3, 0.4) is 0 Å². The van der Waals surface area contributed by atoms with Crippen molar-refractivity contribution in [2.45, 2.75) is 25.3 Å². The first kappa shape index (κ1) is 11.0. The van der Waals surface area contributed by atoms with Gasteiger partial charge in [-0.2, -0.15) is 0 Å². The summed E-state index contributed by atoms with van der Waals surface area (Å²) < 4.78 is 0. The summed E-state index contributed by atoms with van der Waals surface area (Å²) in [6.45, 7) is 2.35. The highest BCUT2D eigenvalue weighted by Gasteiger charge is 2.45. The van der Waals surface area contributed by atoms with Gasteiger partial charge in [-0.3, -0.25) is 4.79 Å². The minimum Gasteiger partial charge on any atom is -0.480 e. The number of nitrogens with zero attached hydrogens (tertiary/aromatic N) is 1. The topological polar surface area (TPSA) is 69.6 Å². The van der Waals surface area contributed by atoms with Crippen molar-refractivity contribution in [2.24, 2.45) is 0 Å². The lowest BCUT2D eigenvalue weighted by molar-refractivity contribution is -0.154. The van der Waals surface area contributed by atoms with Gasteiger partial charge in [0.1, 0.15) is 5.54 Å². The molecule has 1 unspecified atom stereocenters. The molecule has 0 aromatic heterocycles. The second-order valence-corrected chi connectivity index (χ2v) is 3.76. The van der Waals surface area contributed by atoms with E-state index in [1.54, 1.807) is 14.0 Å². The monoisotopic (exact) mass is 200 g/mol. The molecule has 5 nitrogen and oxygen atoms in total. The molecule has 1 rings (SSSR count). The number of carboxylic acids is 1. The molecule has 1 aliphatic heterocycles. The predicted octanol–water partition coefficient (Wildman–Crippen LogP) is -0.328. The van der Waals surface area contributed by atoms with Gasteiger partial charge < -0.3 is 15.3 Å². The molecule has 80 valence electrons. The summed E-state index contributed by atoms with van der Waals surface area (Å²) in [7, 11) is 1.67. The zero-order valence-corrected chi connectivity index (χ0v) is 8.54. The predicted molar refractivity (Wildman–Crippen MR) is 50.9 cm³/mol. The van der Waals surface area contributed by atoms with E-state index >= 15 is 0 Å². The molecule has 1 fully saturated rings. The van der Waals surface area contributed by atoms with Crippen LogP contribution in [0.2, 0.25) is 0 Å². The van der Waals surface area contributed by atoms with E-state index in [9.17, 15) is 9.59 Å². The number of hydrogen-bond acceptors (Lipinski definition) is 3. The van der Waals surface area contributed by atoms with Crippen molar-refractivity contribution in [1.29, 1.82) is 0 Å². The van der Waals surface area contributed by atoms with Gasteiger partial charge in [0.15, 0.2) is 0 Å². The average molecular weight is 200 g/mol. The molecular formula is C9H16N2O3. The Morgan fingerprint density at radius 1 is 1.57 bits per heavy atom. The van der Waals surface area contributed by atoms with Gasteiger partial charge >= 0.3 is 5.97 Å². The van der Waals surface area contributed by atoms with E-state index in [0.29, 0.717) is 13.0 Å². The summed E-state index contributed by atoms with van der Waals surface area (Å²) >= 11 is 0. The molecule has 1 heterocycles. The maximum atomic E-state index is 11.6. The number of likely N-dealkylation sites (N-methyl/N-ethyl adjacent to an activating group) is 1. The Hall–Kier alpha value is -1.10. The average Bonchev–Trinajstić information content (AvgIpc) is 2.49. The van der Waals surface area contributed by atoms with Crippen LogP contribution in [-0.4, -0.2) is 47.6 Å². The number of carbonyl (C=O) groups excluding carboxylic acids is 1. The van der Waals surface area contributed by atoms with Gasteiger partial charge in [0.25, 0.3) is 0 Å². The molecule has 0 radical (unpaired) electrons. The Kier molecular flexibility index (Phi) is 3.10. The number of rotatable bonds is 3. The van der Waals surface area contributed by atoms with Gasteiger partial charge in [-0.15, -0.1) is 0 Å². The summed E-state index contributed by atoms with van der Waals surface area (Å²) in [5.41, 5.74) is -1.01. The van der Waals surface area contributed by atoms with Crippen LogP contribution >= 0.6 is 0 Å². The highest BCUT2D eigenvalue weighted by atomic mass is 16.4. The van der Waals surface area contributed by atoms with Crippen molar-refractivity contribution < 1.29 is 14.7 Å². The van der Waals surface area contributed by atoms with E-state index in [1.807, 2.05) is 0 Å². The van der Waals surface area contributed by atoms with Gasteiger partial charge in [-0.25, -0.2) is 4.79 Å².